The van der Waals surface area contributed by atoms with Gasteiger partial charge in [0.25, 0.3) is 5.91 Å². The van der Waals surface area contributed by atoms with Crippen LogP contribution in [-0.4, -0.2) is 31.1 Å². The largest absolute Gasteiger partial charge is 0.489 e. The van der Waals surface area contributed by atoms with Crippen molar-refractivity contribution in [1.82, 2.24) is 4.90 Å². The van der Waals surface area contributed by atoms with Crippen LogP contribution >= 0.6 is 0 Å². The number of ether oxygens (including phenoxy) is 2. The van der Waals surface area contributed by atoms with E-state index in [0.29, 0.717) is 25.3 Å². The average molecular weight is 417 g/mol. The minimum Gasteiger partial charge on any atom is -0.489 e. The van der Waals surface area contributed by atoms with Gasteiger partial charge >= 0.3 is 0 Å². The number of rotatable bonds is 8. The maximum absolute atomic E-state index is 13.4. The maximum Gasteiger partial charge on any atom is 0.258 e. The molecule has 1 N–H and O–H groups in total. The SMILES string of the molecule is COCCCN1C(=O)c2ccccc2NC1(C)c1cccc(OCc2ccccc2)c1. The van der Waals surface area contributed by atoms with E-state index in [9.17, 15) is 4.79 Å². The van der Waals surface area contributed by atoms with Crippen LogP contribution in [0.25, 0.3) is 0 Å². The second-order valence-electron chi connectivity index (χ2n) is 7.85. The summed E-state index contributed by atoms with van der Waals surface area (Å²) >= 11 is 0. The van der Waals surface area contributed by atoms with Crippen molar-refractivity contribution < 1.29 is 14.3 Å². The highest BCUT2D eigenvalue weighted by molar-refractivity contribution is 6.02. The van der Waals surface area contributed by atoms with Crippen molar-refractivity contribution in [3.63, 3.8) is 0 Å². The minimum atomic E-state index is -0.703. The molecule has 1 atom stereocenters. The first-order chi connectivity index (χ1) is 15.1. The first-order valence-corrected chi connectivity index (χ1v) is 10.6. The predicted molar refractivity (Wildman–Crippen MR) is 122 cm³/mol. The average Bonchev–Trinajstić information content (AvgIpc) is 2.81. The predicted octanol–water partition coefficient (Wildman–Crippen LogP) is 5.04. The molecule has 1 heterocycles. The van der Waals surface area contributed by atoms with Gasteiger partial charge in [-0.15, -0.1) is 0 Å². The number of carbonyl (C=O) groups is 1. The highest BCUT2D eigenvalue weighted by atomic mass is 16.5. The Kier molecular flexibility index (Phi) is 6.23. The van der Waals surface area contributed by atoms with Crippen molar-refractivity contribution >= 4 is 11.6 Å². The van der Waals surface area contributed by atoms with Crippen molar-refractivity contribution in [1.29, 1.82) is 0 Å². The maximum atomic E-state index is 13.4. The Morgan fingerprint density at radius 2 is 1.74 bits per heavy atom. The molecular weight excluding hydrogens is 388 g/mol. The molecule has 5 heteroatoms. The van der Waals surface area contributed by atoms with E-state index in [4.69, 9.17) is 9.47 Å². The number of amides is 1. The highest BCUT2D eigenvalue weighted by Crippen LogP contribution is 2.38. The Morgan fingerprint density at radius 1 is 0.968 bits per heavy atom. The van der Waals surface area contributed by atoms with E-state index in [0.717, 1.165) is 29.0 Å². The van der Waals surface area contributed by atoms with Gasteiger partial charge in [-0.3, -0.25) is 4.79 Å². The lowest BCUT2D eigenvalue weighted by molar-refractivity contribution is 0.0504. The first kappa shape index (κ1) is 20.9. The standard InChI is InChI=1S/C26H28N2O3/c1-26(21-12-8-13-22(18-21)31-19-20-10-4-3-5-11-20)27-24-15-7-6-14-23(24)25(29)28(26)16-9-17-30-2/h3-8,10-15,18,27H,9,16-17,19H2,1-2H3. The van der Waals surface area contributed by atoms with Gasteiger partial charge in [0, 0.05) is 31.5 Å². The van der Waals surface area contributed by atoms with Crippen LogP contribution in [0.2, 0.25) is 0 Å². The summed E-state index contributed by atoms with van der Waals surface area (Å²) in [4.78, 5) is 15.3. The van der Waals surface area contributed by atoms with Crippen LogP contribution in [0, 0.1) is 0 Å². The zero-order chi connectivity index (χ0) is 21.7. The van der Waals surface area contributed by atoms with Crippen LogP contribution in [0.15, 0.2) is 78.9 Å². The van der Waals surface area contributed by atoms with Gasteiger partial charge in [0.1, 0.15) is 18.0 Å². The second kappa shape index (κ2) is 9.23. The Bertz CT molecular complexity index is 1040. The molecule has 0 radical (unpaired) electrons. The Labute approximate surface area is 183 Å². The van der Waals surface area contributed by atoms with E-state index in [1.54, 1.807) is 7.11 Å². The number of methoxy groups -OCH3 is 1. The molecule has 0 saturated heterocycles. The molecule has 0 fully saturated rings. The molecule has 160 valence electrons. The molecule has 1 amide bonds. The number of benzene rings is 3. The highest BCUT2D eigenvalue weighted by Gasteiger charge is 2.42. The molecule has 4 rings (SSSR count). The van der Waals surface area contributed by atoms with Crippen molar-refractivity contribution in [3.05, 3.63) is 95.6 Å². The molecule has 5 nitrogen and oxygen atoms in total. The summed E-state index contributed by atoms with van der Waals surface area (Å²) in [5, 5.41) is 3.61. The van der Waals surface area contributed by atoms with E-state index >= 15 is 0 Å². The summed E-state index contributed by atoms with van der Waals surface area (Å²) in [5.74, 6) is 0.788. The summed E-state index contributed by atoms with van der Waals surface area (Å²) in [6.07, 6.45) is 0.756. The van der Waals surface area contributed by atoms with Crippen LogP contribution in [-0.2, 0) is 17.0 Å². The summed E-state index contributed by atoms with van der Waals surface area (Å²) in [7, 11) is 1.68. The molecule has 0 saturated carbocycles. The number of fused-ring (bicyclic) bond motifs is 1. The van der Waals surface area contributed by atoms with E-state index in [2.05, 4.69) is 5.32 Å². The molecular formula is C26H28N2O3. The molecule has 0 aliphatic carbocycles. The van der Waals surface area contributed by atoms with Crippen LogP contribution in [0.4, 0.5) is 5.69 Å². The van der Waals surface area contributed by atoms with Crippen molar-refractivity contribution in [2.45, 2.75) is 25.6 Å². The third-order valence-corrected chi connectivity index (χ3v) is 5.70. The normalized spacial score (nSPS) is 17.7. The molecule has 1 aliphatic rings. The Balaban J connectivity index is 1.64. The number of hydrogen-bond donors (Lipinski definition) is 1. The molecule has 3 aromatic rings. The number of hydrogen-bond acceptors (Lipinski definition) is 4. The second-order valence-corrected chi connectivity index (χ2v) is 7.85. The monoisotopic (exact) mass is 416 g/mol. The number of nitrogens with one attached hydrogen (secondary N) is 1. The van der Waals surface area contributed by atoms with E-state index < -0.39 is 5.66 Å². The van der Waals surface area contributed by atoms with Crippen molar-refractivity contribution in [2.75, 3.05) is 25.6 Å². The number of carbonyl (C=O) groups excluding carboxylic acids is 1. The number of para-hydroxylation sites is 1. The van der Waals surface area contributed by atoms with Gasteiger partial charge in [-0.1, -0.05) is 54.6 Å². The molecule has 31 heavy (non-hydrogen) atoms. The molecule has 0 bridgehead atoms. The van der Waals surface area contributed by atoms with Crippen LogP contribution < -0.4 is 10.1 Å². The van der Waals surface area contributed by atoms with Gasteiger partial charge in [-0.05, 0) is 43.2 Å². The first-order valence-electron chi connectivity index (χ1n) is 10.6. The van der Waals surface area contributed by atoms with E-state index in [-0.39, 0.29) is 5.91 Å². The van der Waals surface area contributed by atoms with E-state index in [1.165, 1.54) is 0 Å². The fraction of sp³-hybridized carbons (Fsp3) is 0.269. The molecule has 0 aromatic heterocycles. The molecule has 1 unspecified atom stereocenters. The lowest BCUT2D eigenvalue weighted by Crippen LogP contribution is -2.56. The van der Waals surface area contributed by atoms with Gasteiger partial charge < -0.3 is 19.7 Å². The topological polar surface area (TPSA) is 50.8 Å². The Morgan fingerprint density at radius 3 is 2.55 bits per heavy atom. The van der Waals surface area contributed by atoms with Crippen molar-refractivity contribution in [2.24, 2.45) is 0 Å². The van der Waals surface area contributed by atoms with Crippen LogP contribution in [0.1, 0.15) is 34.8 Å². The third kappa shape index (κ3) is 4.42. The van der Waals surface area contributed by atoms with Gasteiger partial charge in [-0.2, -0.15) is 0 Å². The van der Waals surface area contributed by atoms with Gasteiger partial charge in [-0.25, -0.2) is 0 Å². The minimum absolute atomic E-state index is 0.0172. The lowest BCUT2D eigenvalue weighted by Gasteiger charge is -2.47. The molecule has 0 spiro atoms. The quantitative estimate of drug-likeness (QED) is 0.523. The lowest BCUT2D eigenvalue weighted by atomic mass is 9.93. The molecule has 1 aliphatic heterocycles. The van der Waals surface area contributed by atoms with Crippen LogP contribution in [0.5, 0.6) is 5.75 Å². The number of nitrogens with zero attached hydrogens (tertiary/aromatic N) is 1. The summed E-state index contributed by atoms with van der Waals surface area (Å²) in [6.45, 7) is 3.72. The smallest absolute Gasteiger partial charge is 0.258 e. The van der Waals surface area contributed by atoms with Gasteiger partial charge in [0.15, 0.2) is 0 Å². The summed E-state index contributed by atoms with van der Waals surface area (Å²) < 4.78 is 11.3. The van der Waals surface area contributed by atoms with E-state index in [1.807, 2.05) is 90.7 Å². The fourth-order valence-corrected chi connectivity index (χ4v) is 4.01. The zero-order valence-electron chi connectivity index (χ0n) is 18.0. The summed E-state index contributed by atoms with van der Waals surface area (Å²) in [5.41, 5.74) is 2.91. The Hall–Kier alpha value is -3.31. The van der Waals surface area contributed by atoms with Gasteiger partial charge in [0.2, 0.25) is 0 Å². The van der Waals surface area contributed by atoms with Gasteiger partial charge in [0.05, 0.1) is 5.56 Å². The third-order valence-electron chi connectivity index (χ3n) is 5.70. The summed E-state index contributed by atoms with van der Waals surface area (Å²) in [6, 6.07) is 25.7. The fourth-order valence-electron chi connectivity index (χ4n) is 4.01. The molecule has 3 aromatic carbocycles. The van der Waals surface area contributed by atoms with Crippen molar-refractivity contribution in [3.8, 4) is 5.75 Å². The number of anilines is 1. The van der Waals surface area contributed by atoms with Crippen LogP contribution in [0.3, 0.4) is 0 Å². The zero-order valence-corrected chi connectivity index (χ0v) is 18.0.